The van der Waals surface area contributed by atoms with E-state index < -0.39 is 0 Å². The summed E-state index contributed by atoms with van der Waals surface area (Å²) in [7, 11) is 0. The van der Waals surface area contributed by atoms with Gasteiger partial charge in [0.1, 0.15) is 5.75 Å². The number of benzene rings is 1. The van der Waals surface area contributed by atoms with Gasteiger partial charge in [-0.05, 0) is 56.2 Å². The number of pyridine rings is 1. The normalized spacial score (nSPS) is 10.4. The standard InChI is InChI=1S/C22H27NO4/c1-18(24)19-10-12-21(13-11-19)26-15-6-4-2-3-5-7-16-27-22(25)20-9-8-14-23-17-20/h8-14,17H,2-7,15-16H2,1H3. The molecule has 0 radical (unpaired) electrons. The Labute approximate surface area is 160 Å². The van der Waals surface area contributed by atoms with Gasteiger partial charge in [-0.25, -0.2) is 4.79 Å². The van der Waals surface area contributed by atoms with E-state index in [1.54, 1.807) is 37.4 Å². The van der Waals surface area contributed by atoms with Crippen molar-refractivity contribution in [3.63, 3.8) is 0 Å². The van der Waals surface area contributed by atoms with E-state index in [9.17, 15) is 9.59 Å². The number of Topliss-reactive ketones (excluding diaryl/α,β-unsaturated/α-hetero) is 1. The summed E-state index contributed by atoms with van der Waals surface area (Å²) in [4.78, 5) is 26.8. The maximum absolute atomic E-state index is 11.7. The molecule has 0 spiro atoms. The van der Waals surface area contributed by atoms with E-state index in [1.807, 2.05) is 12.1 Å². The molecular formula is C22H27NO4. The number of unbranched alkanes of at least 4 members (excludes halogenated alkanes) is 5. The lowest BCUT2D eigenvalue weighted by Crippen LogP contribution is -2.06. The highest BCUT2D eigenvalue weighted by Gasteiger charge is 2.05. The largest absolute Gasteiger partial charge is 0.494 e. The van der Waals surface area contributed by atoms with Gasteiger partial charge in [0.05, 0.1) is 18.8 Å². The van der Waals surface area contributed by atoms with Crippen LogP contribution in [0.15, 0.2) is 48.8 Å². The zero-order chi connectivity index (χ0) is 19.3. The van der Waals surface area contributed by atoms with Crippen molar-refractivity contribution in [1.29, 1.82) is 0 Å². The Balaban J connectivity index is 1.43. The highest BCUT2D eigenvalue weighted by molar-refractivity contribution is 5.94. The van der Waals surface area contributed by atoms with Gasteiger partial charge in [-0.15, -0.1) is 0 Å². The third-order valence-electron chi connectivity index (χ3n) is 4.20. The Hall–Kier alpha value is -2.69. The second-order valence-corrected chi connectivity index (χ2v) is 6.43. The predicted molar refractivity (Wildman–Crippen MR) is 104 cm³/mol. The number of rotatable bonds is 12. The van der Waals surface area contributed by atoms with E-state index in [0.29, 0.717) is 24.3 Å². The van der Waals surface area contributed by atoms with Crippen molar-refractivity contribution in [3.8, 4) is 5.75 Å². The van der Waals surface area contributed by atoms with Crippen LogP contribution in [-0.2, 0) is 4.74 Å². The van der Waals surface area contributed by atoms with Crippen LogP contribution in [0.1, 0.15) is 66.2 Å². The number of hydrogen-bond donors (Lipinski definition) is 0. The number of ketones is 1. The first-order valence-electron chi connectivity index (χ1n) is 9.48. The Morgan fingerprint density at radius 1 is 0.852 bits per heavy atom. The maximum atomic E-state index is 11.7. The van der Waals surface area contributed by atoms with Gasteiger partial charge in [-0.3, -0.25) is 9.78 Å². The number of ether oxygens (including phenoxy) is 2. The lowest BCUT2D eigenvalue weighted by Gasteiger charge is -2.07. The van der Waals surface area contributed by atoms with Gasteiger partial charge in [0.2, 0.25) is 0 Å². The Morgan fingerprint density at radius 3 is 2.15 bits per heavy atom. The van der Waals surface area contributed by atoms with Gasteiger partial charge >= 0.3 is 5.97 Å². The average molecular weight is 369 g/mol. The average Bonchev–Trinajstić information content (AvgIpc) is 2.70. The lowest BCUT2D eigenvalue weighted by molar-refractivity contribution is 0.0497. The van der Waals surface area contributed by atoms with Crippen LogP contribution in [-0.4, -0.2) is 30.0 Å². The van der Waals surface area contributed by atoms with E-state index in [1.165, 1.54) is 6.20 Å². The minimum atomic E-state index is -0.309. The Bertz CT molecular complexity index is 698. The van der Waals surface area contributed by atoms with Crippen LogP contribution >= 0.6 is 0 Å². The van der Waals surface area contributed by atoms with Crippen LogP contribution in [0.2, 0.25) is 0 Å². The summed E-state index contributed by atoms with van der Waals surface area (Å²) in [6, 6.07) is 10.7. The lowest BCUT2D eigenvalue weighted by atomic mass is 10.1. The molecule has 1 aromatic heterocycles. The van der Waals surface area contributed by atoms with Gasteiger partial charge in [0.15, 0.2) is 5.78 Å². The van der Waals surface area contributed by atoms with E-state index >= 15 is 0 Å². The van der Waals surface area contributed by atoms with Crippen LogP contribution in [0.25, 0.3) is 0 Å². The highest BCUT2D eigenvalue weighted by Crippen LogP contribution is 2.14. The third-order valence-corrected chi connectivity index (χ3v) is 4.20. The van der Waals surface area contributed by atoms with Crippen molar-refractivity contribution in [3.05, 3.63) is 59.9 Å². The van der Waals surface area contributed by atoms with Crippen molar-refractivity contribution in [2.45, 2.75) is 45.4 Å². The SMILES string of the molecule is CC(=O)c1ccc(OCCCCCCCCOC(=O)c2cccnc2)cc1. The summed E-state index contributed by atoms with van der Waals surface area (Å²) in [5.41, 5.74) is 1.20. The van der Waals surface area contributed by atoms with E-state index in [0.717, 1.165) is 44.3 Å². The molecule has 0 aliphatic carbocycles. The summed E-state index contributed by atoms with van der Waals surface area (Å²) < 4.78 is 10.9. The molecule has 144 valence electrons. The monoisotopic (exact) mass is 369 g/mol. The summed E-state index contributed by atoms with van der Waals surface area (Å²) in [6.07, 6.45) is 9.46. The van der Waals surface area contributed by atoms with E-state index in [4.69, 9.17) is 9.47 Å². The molecule has 0 saturated heterocycles. The summed E-state index contributed by atoms with van der Waals surface area (Å²) >= 11 is 0. The van der Waals surface area contributed by atoms with Crippen LogP contribution in [0, 0.1) is 0 Å². The molecule has 1 heterocycles. The van der Waals surface area contributed by atoms with E-state index in [2.05, 4.69) is 4.98 Å². The number of aromatic nitrogens is 1. The zero-order valence-electron chi connectivity index (χ0n) is 15.9. The first kappa shape index (κ1) is 20.6. The first-order chi connectivity index (χ1) is 13.2. The fraction of sp³-hybridized carbons (Fsp3) is 0.409. The maximum Gasteiger partial charge on any atom is 0.339 e. The molecule has 0 N–H and O–H groups in total. The van der Waals surface area contributed by atoms with Gasteiger partial charge in [0.25, 0.3) is 0 Å². The van der Waals surface area contributed by atoms with Crippen LogP contribution in [0.3, 0.4) is 0 Å². The highest BCUT2D eigenvalue weighted by atomic mass is 16.5. The fourth-order valence-corrected chi connectivity index (χ4v) is 2.62. The van der Waals surface area contributed by atoms with Crippen molar-refractivity contribution in [1.82, 2.24) is 4.98 Å². The van der Waals surface area contributed by atoms with Gasteiger partial charge in [-0.1, -0.05) is 25.7 Å². The number of esters is 1. The van der Waals surface area contributed by atoms with Gasteiger partial charge in [-0.2, -0.15) is 0 Å². The summed E-state index contributed by atoms with van der Waals surface area (Å²) in [5.74, 6) is 0.556. The van der Waals surface area contributed by atoms with Gasteiger partial charge in [0, 0.05) is 18.0 Å². The zero-order valence-corrected chi connectivity index (χ0v) is 15.9. The molecule has 0 fully saturated rings. The minimum Gasteiger partial charge on any atom is -0.494 e. The van der Waals surface area contributed by atoms with Crippen LogP contribution in [0.5, 0.6) is 5.75 Å². The van der Waals surface area contributed by atoms with Crippen LogP contribution in [0.4, 0.5) is 0 Å². The molecule has 5 heteroatoms. The summed E-state index contributed by atoms with van der Waals surface area (Å²) in [5, 5.41) is 0. The summed E-state index contributed by atoms with van der Waals surface area (Å²) in [6.45, 7) is 2.69. The second kappa shape index (κ2) is 11.8. The van der Waals surface area contributed by atoms with Crippen molar-refractivity contribution in [2.24, 2.45) is 0 Å². The first-order valence-corrected chi connectivity index (χ1v) is 9.48. The number of carbonyl (C=O) groups is 2. The smallest absolute Gasteiger partial charge is 0.339 e. The third kappa shape index (κ3) is 8.03. The molecule has 0 aliphatic heterocycles. The van der Waals surface area contributed by atoms with Crippen molar-refractivity contribution in [2.75, 3.05) is 13.2 Å². The van der Waals surface area contributed by atoms with Crippen LogP contribution < -0.4 is 4.74 Å². The number of hydrogen-bond acceptors (Lipinski definition) is 5. The molecule has 0 bridgehead atoms. The fourth-order valence-electron chi connectivity index (χ4n) is 2.62. The second-order valence-electron chi connectivity index (χ2n) is 6.43. The quantitative estimate of drug-likeness (QED) is 0.304. The molecule has 0 saturated carbocycles. The van der Waals surface area contributed by atoms with Gasteiger partial charge < -0.3 is 9.47 Å². The minimum absolute atomic E-state index is 0.0633. The Morgan fingerprint density at radius 2 is 1.52 bits per heavy atom. The number of carbonyl (C=O) groups excluding carboxylic acids is 2. The van der Waals surface area contributed by atoms with Crippen molar-refractivity contribution >= 4 is 11.8 Å². The molecule has 1 aromatic carbocycles. The topological polar surface area (TPSA) is 65.5 Å². The predicted octanol–water partition coefficient (Wildman–Crippen LogP) is 4.86. The molecule has 27 heavy (non-hydrogen) atoms. The molecule has 0 amide bonds. The molecular weight excluding hydrogens is 342 g/mol. The molecule has 2 rings (SSSR count). The molecule has 2 aromatic rings. The molecule has 5 nitrogen and oxygen atoms in total. The Kier molecular flexibility index (Phi) is 9.04. The van der Waals surface area contributed by atoms with E-state index in [-0.39, 0.29) is 11.8 Å². The van der Waals surface area contributed by atoms with Crippen molar-refractivity contribution < 1.29 is 19.1 Å². The number of nitrogens with zero attached hydrogens (tertiary/aromatic N) is 1. The molecule has 0 aliphatic rings. The molecule has 0 atom stereocenters. The molecule has 0 unspecified atom stereocenters.